The van der Waals surface area contributed by atoms with Gasteiger partial charge >= 0.3 is 0 Å². The highest BCUT2D eigenvalue weighted by Crippen LogP contribution is 2.20. The van der Waals surface area contributed by atoms with Crippen LogP contribution in [0.3, 0.4) is 0 Å². The van der Waals surface area contributed by atoms with E-state index in [9.17, 15) is 4.79 Å². The third-order valence-corrected chi connectivity index (χ3v) is 3.29. The summed E-state index contributed by atoms with van der Waals surface area (Å²) in [6.07, 6.45) is 5.19. The normalized spacial score (nSPS) is 23.5. The molecular weight excluding hydrogens is 220 g/mol. The predicted molar refractivity (Wildman–Crippen MR) is 63.6 cm³/mol. The van der Waals surface area contributed by atoms with Gasteiger partial charge in [-0.1, -0.05) is 0 Å². The van der Waals surface area contributed by atoms with Crippen molar-refractivity contribution in [1.82, 2.24) is 5.32 Å². The molecular formula is C12H22N2O3. The maximum Gasteiger partial charge on any atom is 0.234 e. The lowest BCUT2D eigenvalue weighted by atomic mass is 10.1. The van der Waals surface area contributed by atoms with Gasteiger partial charge in [-0.3, -0.25) is 4.79 Å². The van der Waals surface area contributed by atoms with Crippen LogP contribution >= 0.6 is 0 Å². The van der Waals surface area contributed by atoms with Gasteiger partial charge in [-0.15, -0.1) is 0 Å². The first-order chi connectivity index (χ1) is 8.25. The Morgan fingerprint density at radius 3 is 2.65 bits per heavy atom. The number of rotatable bonds is 7. The van der Waals surface area contributed by atoms with E-state index in [1.807, 2.05) is 0 Å². The second-order valence-electron chi connectivity index (χ2n) is 4.87. The number of amides is 1. The first kappa shape index (κ1) is 12.8. The van der Waals surface area contributed by atoms with Gasteiger partial charge in [-0.05, 0) is 32.1 Å². The maximum atomic E-state index is 11.2. The van der Waals surface area contributed by atoms with Gasteiger partial charge in [0.2, 0.25) is 5.91 Å². The van der Waals surface area contributed by atoms with E-state index in [1.54, 1.807) is 0 Å². The molecule has 0 radical (unpaired) electrons. The Bertz CT molecular complexity index is 250. The minimum absolute atomic E-state index is 0.234. The fourth-order valence-electron chi connectivity index (χ4n) is 2.04. The zero-order valence-corrected chi connectivity index (χ0v) is 10.2. The van der Waals surface area contributed by atoms with Crippen molar-refractivity contribution < 1.29 is 14.3 Å². The van der Waals surface area contributed by atoms with Gasteiger partial charge in [0.15, 0.2) is 0 Å². The molecule has 1 amide bonds. The van der Waals surface area contributed by atoms with Crippen molar-refractivity contribution in [2.24, 2.45) is 5.73 Å². The molecule has 2 aliphatic rings. The zero-order chi connectivity index (χ0) is 12.1. The SMILES string of the molecule is NC(=O)C(CCOC1CCOCC1)NC1CC1. The summed E-state index contributed by atoms with van der Waals surface area (Å²) in [5, 5.41) is 3.25. The van der Waals surface area contributed by atoms with Crippen LogP contribution in [0.4, 0.5) is 0 Å². The Morgan fingerprint density at radius 2 is 2.06 bits per heavy atom. The third-order valence-electron chi connectivity index (χ3n) is 3.29. The van der Waals surface area contributed by atoms with Crippen LogP contribution in [0, 0.1) is 0 Å². The van der Waals surface area contributed by atoms with E-state index in [-0.39, 0.29) is 11.9 Å². The van der Waals surface area contributed by atoms with E-state index < -0.39 is 0 Å². The first-order valence-corrected chi connectivity index (χ1v) is 6.50. The largest absolute Gasteiger partial charge is 0.381 e. The lowest BCUT2D eigenvalue weighted by Gasteiger charge is -2.23. The van der Waals surface area contributed by atoms with Crippen molar-refractivity contribution >= 4 is 5.91 Å². The van der Waals surface area contributed by atoms with Gasteiger partial charge in [0.25, 0.3) is 0 Å². The molecule has 5 nitrogen and oxygen atoms in total. The summed E-state index contributed by atoms with van der Waals surface area (Å²) in [4.78, 5) is 11.2. The fourth-order valence-corrected chi connectivity index (χ4v) is 2.04. The second kappa shape index (κ2) is 6.33. The summed E-state index contributed by atoms with van der Waals surface area (Å²) in [6.45, 7) is 2.16. The van der Waals surface area contributed by atoms with Crippen LogP contribution in [0.1, 0.15) is 32.1 Å². The minimum atomic E-state index is -0.271. The molecule has 98 valence electrons. The molecule has 1 aliphatic heterocycles. The topological polar surface area (TPSA) is 73.6 Å². The van der Waals surface area contributed by atoms with E-state index in [4.69, 9.17) is 15.2 Å². The highest BCUT2D eigenvalue weighted by atomic mass is 16.5. The molecule has 0 bridgehead atoms. The van der Waals surface area contributed by atoms with E-state index in [1.165, 1.54) is 0 Å². The van der Waals surface area contributed by atoms with Crippen LogP contribution in [0.15, 0.2) is 0 Å². The summed E-state index contributed by atoms with van der Waals surface area (Å²) in [5.74, 6) is -0.271. The lowest BCUT2D eigenvalue weighted by Crippen LogP contribution is -2.43. The third kappa shape index (κ3) is 4.61. The molecule has 0 aromatic carbocycles. The maximum absolute atomic E-state index is 11.2. The molecule has 5 heteroatoms. The zero-order valence-electron chi connectivity index (χ0n) is 10.2. The summed E-state index contributed by atoms with van der Waals surface area (Å²) in [6, 6.07) is 0.262. The molecule has 1 atom stereocenters. The number of nitrogens with two attached hydrogens (primary N) is 1. The van der Waals surface area contributed by atoms with Gasteiger partial charge in [-0.25, -0.2) is 0 Å². The second-order valence-corrected chi connectivity index (χ2v) is 4.87. The van der Waals surface area contributed by atoms with Crippen molar-refractivity contribution in [2.75, 3.05) is 19.8 Å². The van der Waals surface area contributed by atoms with Crippen LogP contribution in [-0.2, 0) is 14.3 Å². The Morgan fingerprint density at radius 1 is 1.35 bits per heavy atom. The number of carbonyl (C=O) groups is 1. The number of ether oxygens (including phenoxy) is 2. The van der Waals surface area contributed by atoms with Crippen molar-refractivity contribution in [3.05, 3.63) is 0 Å². The Balaban J connectivity index is 1.62. The van der Waals surface area contributed by atoms with Gasteiger partial charge in [0.05, 0.1) is 12.1 Å². The Kier molecular flexibility index (Phi) is 4.76. The lowest BCUT2D eigenvalue weighted by molar-refractivity contribution is -0.121. The first-order valence-electron chi connectivity index (χ1n) is 6.50. The van der Waals surface area contributed by atoms with E-state index in [0.29, 0.717) is 25.2 Å². The van der Waals surface area contributed by atoms with Crippen molar-refractivity contribution in [3.63, 3.8) is 0 Å². The molecule has 17 heavy (non-hydrogen) atoms. The molecule has 0 aromatic rings. The molecule has 1 unspecified atom stereocenters. The average Bonchev–Trinajstić information content (AvgIpc) is 3.13. The van der Waals surface area contributed by atoms with Crippen LogP contribution in [0.25, 0.3) is 0 Å². The highest BCUT2D eigenvalue weighted by Gasteiger charge is 2.27. The number of carbonyl (C=O) groups excluding carboxylic acids is 1. The molecule has 0 aromatic heterocycles. The van der Waals surface area contributed by atoms with Gasteiger partial charge in [0.1, 0.15) is 0 Å². The number of hydrogen-bond donors (Lipinski definition) is 2. The van der Waals surface area contributed by atoms with Gasteiger partial charge in [0, 0.05) is 25.9 Å². The molecule has 1 saturated heterocycles. The fraction of sp³-hybridized carbons (Fsp3) is 0.917. The smallest absolute Gasteiger partial charge is 0.234 e. The summed E-state index contributed by atoms with van der Waals surface area (Å²) >= 11 is 0. The van der Waals surface area contributed by atoms with Crippen LogP contribution in [0.2, 0.25) is 0 Å². The molecule has 2 fully saturated rings. The molecule has 1 saturated carbocycles. The molecule has 0 spiro atoms. The van der Waals surface area contributed by atoms with Gasteiger partial charge < -0.3 is 20.5 Å². The summed E-state index contributed by atoms with van der Waals surface area (Å²) in [5.41, 5.74) is 5.36. The molecule has 3 N–H and O–H groups in total. The van der Waals surface area contributed by atoms with E-state index >= 15 is 0 Å². The van der Waals surface area contributed by atoms with E-state index in [2.05, 4.69) is 5.32 Å². The number of primary amides is 1. The number of hydrogen-bond acceptors (Lipinski definition) is 4. The molecule has 1 heterocycles. The van der Waals surface area contributed by atoms with Crippen LogP contribution in [0.5, 0.6) is 0 Å². The minimum Gasteiger partial charge on any atom is -0.381 e. The van der Waals surface area contributed by atoms with Crippen molar-refractivity contribution in [3.8, 4) is 0 Å². The highest BCUT2D eigenvalue weighted by molar-refractivity contribution is 5.79. The van der Waals surface area contributed by atoms with Crippen molar-refractivity contribution in [2.45, 2.75) is 50.3 Å². The summed E-state index contributed by atoms with van der Waals surface area (Å²) in [7, 11) is 0. The quantitative estimate of drug-likeness (QED) is 0.668. The van der Waals surface area contributed by atoms with E-state index in [0.717, 1.165) is 38.9 Å². The predicted octanol–water partition coefficient (Wildman–Crippen LogP) is 0.178. The monoisotopic (exact) mass is 242 g/mol. The standard InChI is InChI=1S/C12H22N2O3/c13-12(15)11(14-9-1-2-9)5-8-17-10-3-6-16-7-4-10/h9-11,14H,1-8H2,(H2,13,15). The summed E-state index contributed by atoms with van der Waals surface area (Å²) < 4.78 is 11.0. The van der Waals surface area contributed by atoms with Crippen LogP contribution in [-0.4, -0.2) is 43.9 Å². The molecule has 1 aliphatic carbocycles. The molecule has 2 rings (SSSR count). The Labute approximate surface area is 102 Å². The van der Waals surface area contributed by atoms with Crippen molar-refractivity contribution in [1.29, 1.82) is 0 Å². The Hall–Kier alpha value is -0.650. The number of nitrogens with one attached hydrogen (secondary N) is 1. The van der Waals surface area contributed by atoms with Crippen LogP contribution < -0.4 is 11.1 Å². The van der Waals surface area contributed by atoms with Gasteiger partial charge in [-0.2, -0.15) is 0 Å². The average molecular weight is 242 g/mol.